The van der Waals surface area contributed by atoms with Crippen LogP contribution >= 0.6 is 11.8 Å². The molecular formula is C27H30N4O4S. The molecule has 2 aromatic carbocycles. The van der Waals surface area contributed by atoms with Crippen LogP contribution in [0.5, 0.6) is 17.2 Å². The number of nitrogens with one attached hydrogen (secondary N) is 1. The van der Waals surface area contributed by atoms with E-state index >= 15 is 0 Å². The monoisotopic (exact) mass is 506 g/mol. The Bertz CT molecular complexity index is 1280. The van der Waals surface area contributed by atoms with E-state index in [1.54, 1.807) is 31.4 Å². The Kier molecular flexibility index (Phi) is 7.79. The molecule has 1 N–H and O–H groups in total. The van der Waals surface area contributed by atoms with Crippen LogP contribution in [-0.2, 0) is 4.79 Å². The fourth-order valence-corrected chi connectivity index (χ4v) is 4.74. The lowest BCUT2D eigenvalue weighted by atomic mass is 10.1. The van der Waals surface area contributed by atoms with Crippen LogP contribution in [0.25, 0.3) is 6.08 Å². The Balaban J connectivity index is 1.43. The smallest absolute Gasteiger partial charge is 0.283 e. The summed E-state index contributed by atoms with van der Waals surface area (Å²) in [5, 5.41) is 15.7. The highest BCUT2D eigenvalue weighted by Gasteiger charge is 2.35. The molecule has 0 saturated heterocycles. The number of methoxy groups -OCH3 is 1. The molecule has 2 heterocycles. The second-order valence-electron chi connectivity index (χ2n) is 8.97. The number of carbonyl (C=O) groups is 1. The summed E-state index contributed by atoms with van der Waals surface area (Å²) in [5.41, 5.74) is 3.26. The second-order valence-corrected chi connectivity index (χ2v) is 10.0. The van der Waals surface area contributed by atoms with Gasteiger partial charge in [-0.3, -0.25) is 10.2 Å². The molecule has 0 fully saturated rings. The highest BCUT2D eigenvalue weighted by molar-refractivity contribution is 8.26. The SMILES string of the molecule is COc1cc(/C=C2/C(=N)N3N=C(CC(C)C)SC3=NC2=O)ccc1OCCOc1ccc(C)c(C)c1. The van der Waals surface area contributed by atoms with E-state index in [0.717, 1.165) is 17.2 Å². The first kappa shape index (κ1) is 25.5. The maximum atomic E-state index is 12.7. The van der Waals surface area contributed by atoms with Gasteiger partial charge < -0.3 is 14.2 Å². The fourth-order valence-electron chi connectivity index (χ4n) is 3.64. The van der Waals surface area contributed by atoms with Crippen molar-refractivity contribution in [3.8, 4) is 17.2 Å². The van der Waals surface area contributed by atoms with Crippen molar-refractivity contribution in [2.45, 2.75) is 34.1 Å². The lowest BCUT2D eigenvalue weighted by Gasteiger charge is -2.20. The quantitative estimate of drug-likeness (QED) is 0.360. The number of carbonyl (C=O) groups excluding carboxylic acids is 1. The van der Waals surface area contributed by atoms with E-state index in [0.29, 0.717) is 41.4 Å². The summed E-state index contributed by atoms with van der Waals surface area (Å²) in [4.78, 5) is 16.8. The zero-order valence-corrected chi connectivity index (χ0v) is 21.9. The molecule has 0 spiro atoms. The van der Waals surface area contributed by atoms with Gasteiger partial charge in [-0.1, -0.05) is 26.0 Å². The Labute approximate surface area is 215 Å². The van der Waals surface area contributed by atoms with E-state index in [1.165, 1.54) is 27.9 Å². The number of fused-ring (bicyclic) bond motifs is 1. The van der Waals surface area contributed by atoms with Crippen LogP contribution in [0.1, 0.15) is 37.0 Å². The summed E-state index contributed by atoms with van der Waals surface area (Å²) in [6.45, 7) is 9.04. The number of hydrogen-bond donors (Lipinski definition) is 1. The number of hydrogen-bond acceptors (Lipinski definition) is 7. The molecule has 4 rings (SSSR count). The first-order chi connectivity index (χ1) is 17.2. The Morgan fingerprint density at radius 3 is 2.56 bits per heavy atom. The first-order valence-electron chi connectivity index (χ1n) is 11.7. The van der Waals surface area contributed by atoms with E-state index in [9.17, 15) is 4.79 Å². The normalized spacial score (nSPS) is 16.3. The van der Waals surface area contributed by atoms with Crippen LogP contribution in [0.15, 0.2) is 52.1 Å². The summed E-state index contributed by atoms with van der Waals surface area (Å²) < 4.78 is 17.1. The largest absolute Gasteiger partial charge is 0.493 e. The maximum Gasteiger partial charge on any atom is 0.283 e. The molecule has 0 aliphatic carbocycles. The predicted molar refractivity (Wildman–Crippen MR) is 144 cm³/mol. The van der Waals surface area contributed by atoms with Crippen molar-refractivity contribution in [1.29, 1.82) is 5.41 Å². The number of nitrogens with zero attached hydrogens (tertiary/aromatic N) is 3. The van der Waals surface area contributed by atoms with Gasteiger partial charge in [-0.25, -0.2) is 0 Å². The molecule has 1 amide bonds. The lowest BCUT2D eigenvalue weighted by Crippen LogP contribution is -2.35. The number of rotatable bonds is 9. The van der Waals surface area contributed by atoms with Crippen molar-refractivity contribution in [1.82, 2.24) is 5.01 Å². The van der Waals surface area contributed by atoms with Gasteiger partial charge in [0.05, 0.1) is 12.7 Å². The third-order valence-corrected chi connectivity index (χ3v) is 6.60. The molecule has 0 bridgehead atoms. The number of aryl methyl sites for hydroxylation is 2. The van der Waals surface area contributed by atoms with Gasteiger partial charge in [0, 0.05) is 6.42 Å². The first-order valence-corrected chi connectivity index (χ1v) is 12.6. The lowest BCUT2D eigenvalue weighted by molar-refractivity contribution is -0.114. The zero-order valence-electron chi connectivity index (χ0n) is 21.1. The molecule has 36 heavy (non-hydrogen) atoms. The minimum absolute atomic E-state index is 0.0130. The molecule has 188 valence electrons. The minimum Gasteiger partial charge on any atom is -0.493 e. The van der Waals surface area contributed by atoms with Gasteiger partial charge in [0.1, 0.15) is 24.0 Å². The third-order valence-electron chi connectivity index (χ3n) is 5.67. The van der Waals surface area contributed by atoms with Gasteiger partial charge >= 0.3 is 0 Å². The van der Waals surface area contributed by atoms with Crippen molar-refractivity contribution in [3.63, 3.8) is 0 Å². The van der Waals surface area contributed by atoms with Gasteiger partial charge in [-0.15, -0.1) is 0 Å². The third kappa shape index (κ3) is 5.79. The molecule has 2 aliphatic rings. The van der Waals surface area contributed by atoms with E-state index in [4.69, 9.17) is 19.6 Å². The zero-order chi connectivity index (χ0) is 25.8. The number of amides is 1. The van der Waals surface area contributed by atoms with Crippen LogP contribution in [0.4, 0.5) is 0 Å². The van der Waals surface area contributed by atoms with E-state index in [2.05, 4.69) is 37.8 Å². The Morgan fingerprint density at radius 2 is 1.83 bits per heavy atom. The summed E-state index contributed by atoms with van der Waals surface area (Å²) in [5.74, 6) is 1.86. The van der Waals surface area contributed by atoms with Gasteiger partial charge in [0.25, 0.3) is 5.91 Å². The maximum absolute atomic E-state index is 12.7. The molecule has 0 unspecified atom stereocenters. The average molecular weight is 507 g/mol. The van der Waals surface area contributed by atoms with E-state index in [1.807, 2.05) is 18.2 Å². The van der Waals surface area contributed by atoms with Crippen molar-refractivity contribution < 1.29 is 19.0 Å². The number of hydrazone groups is 1. The predicted octanol–water partition coefficient (Wildman–Crippen LogP) is 5.44. The van der Waals surface area contributed by atoms with Crippen LogP contribution in [-0.4, -0.2) is 47.3 Å². The molecule has 0 radical (unpaired) electrons. The minimum atomic E-state index is -0.456. The van der Waals surface area contributed by atoms with Crippen LogP contribution in [0.2, 0.25) is 0 Å². The van der Waals surface area contributed by atoms with E-state index < -0.39 is 5.91 Å². The molecule has 0 aromatic heterocycles. The highest BCUT2D eigenvalue weighted by atomic mass is 32.2. The molecule has 2 aromatic rings. The Hall–Kier alpha value is -3.59. The summed E-state index contributed by atoms with van der Waals surface area (Å²) in [7, 11) is 1.56. The number of thioether (sulfide) groups is 1. The van der Waals surface area contributed by atoms with Gasteiger partial charge in [-0.2, -0.15) is 15.1 Å². The van der Waals surface area contributed by atoms with Crippen molar-refractivity contribution in [2.75, 3.05) is 20.3 Å². The van der Waals surface area contributed by atoms with Gasteiger partial charge in [0.15, 0.2) is 17.3 Å². The topological polar surface area (TPSA) is 96.6 Å². The number of amidine groups is 2. The summed E-state index contributed by atoms with van der Waals surface area (Å²) in [6, 6.07) is 11.3. The second kappa shape index (κ2) is 11.0. The van der Waals surface area contributed by atoms with Gasteiger partial charge in [0.2, 0.25) is 5.17 Å². The van der Waals surface area contributed by atoms with Crippen LogP contribution in [0.3, 0.4) is 0 Å². The Morgan fingerprint density at radius 1 is 1.06 bits per heavy atom. The number of ether oxygens (including phenoxy) is 3. The van der Waals surface area contributed by atoms with Crippen molar-refractivity contribution in [2.24, 2.45) is 16.0 Å². The molecule has 0 saturated carbocycles. The average Bonchev–Trinajstić information content (AvgIpc) is 3.23. The molecule has 2 aliphatic heterocycles. The fraction of sp³-hybridized carbons (Fsp3) is 0.333. The van der Waals surface area contributed by atoms with Crippen molar-refractivity contribution in [3.05, 3.63) is 58.7 Å². The van der Waals surface area contributed by atoms with Crippen molar-refractivity contribution >= 4 is 39.8 Å². The van der Waals surface area contributed by atoms with Crippen LogP contribution in [0, 0.1) is 25.2 Å². The molecule has 9 heteroatoms. The molecule has 8 nitrogen and oxygen atoms in total. The summed E-state index contributed by atoms with van der Waals surface area (Å²) in [6.07, 6.45) is 2.40. The number of benzene rings is 2. The van der Waals surface area contributed by atoms with Gasteiger partial charge in [-0.05, 0) is 78.6 Å². The number of aliphatic imine (C=N–C) groups is 1. The standard InChI is InChI=1S/C27H30N4O4S/c1-16(2)12-24-30-31-25(28)21(26(32)29-27(31)36-24)14-19-7-9-22(23(15-19)33-5)35-11-10-34-20-8-6-17(3)18(4)13-20/h6-9,13-16,28H,10-12H2,1-5H3/b21-14-,28-25?. The summed E-state index contributed by atoms with van der Waals surface area (Å²) >= 11 is 1.35. The molecule has 0 atom stereocenters. The van der Waals surface area contributed by atoms with E-state index in [-0.39, 0.29) is 11.4 Å². The molecular weight excluding hydrogens is 476 g/mol. The highest BCUT2D eigenvalue weighted by Crippen LogP contribution is 2.32. The van der Waals surface area contributed by atoms with Crippen LogP contribution < -0.4 is 14.2 Å².